The molecule has 76 valence electrons. The van der Waals surface area contributed by atoms with E-state index < -0.39 is 0 Å². The second kappa shape index (κ2) is 4.27. The number of carbonyl (C=O) groups is 1. The van der Waals surface area contributed by atoms with Crippen molar-refractivity contribution in [1.82, 2.24) is 25.6 Å². The van der Waals surface area contributed by atoms with Crippen LogP contribution in [-0.2, 0) is 11.2 Å². The minimum absolute atomic E-state index is 0.0765. The molecule has 15 heavy (non-hydrogen) atoms. The molecule has 1 amide bonds. The van der Waals surface area contributed by atoms with Gasteiger partial charge < -0.3 is 5.32 Å². The summed E-state index contributed by atoms with van der Waals surface area (Å²) >= 11 is 0. The molecule has 0 aliphatic heterocycles. The molecule has 0 unspecified atom stereocenters. The summed E-state index contributed by atoms with van der Waals surface area (Å²) in [5, 5.41) is 15.6. The molecule has 0 saturated heterocycles. The fourth-order valence-electron chi connectivity index (χ4n) is 1.02. The number of hydrogen-bond donors (Lipinski definition) is 2. The minimum atomic E-state index is -0.227. The van der Waals surface area contributed by atoms with Crippen LogP contribution in [0.15, 0.2) is 24.4 Å². The number of anilines is 1. The lowest BCUT2D eigenvalue weighted by atomic mass is 10.4. The second-order valence-corrected chi connectivity index (χ2v) is 2.77. The van der Waals surface area contributed by atoms with E-state index in [2.05, 4.69) is 30.9 Å². The van der Waals surface area contributed by atoms with Gasteiger partial charge in [0.2, 0.25) is 5.91 Å². The van der Waals surface area contributed by atoms with Crippen LogP contribution >= 0.6 is 0 Å². The average molecular weight is 204 g/mol. The Hall–Kier alpha value is -2.31. The highest BCUT2D eigenvalue weighted by molar-refractivity contribution is 5.90. The van der Waals surface area contributed by atoms with E-state index in [9.17, 15) is 4.79 Å². The molecule has 2 aromatic rings. The number of tetrazole rings is 1. The summed E-state index contributed by atoms with van der Waals surface area (Å²) in [6, 6.07) is 5.26. The van der Waals surface area contributed by atoms with Gasteiger partial charge in [-0.2, -0.15) is 5.21 Å². The highest BCUT2D eigenvalue weighted by Gasteiger charge is 2.07. The first-order valence-electron chi connectivity index (χ1n) is 4.28. The number of aromatic amines is 1. The molecule has 0 atom stereocenters. The molecule has 2 aromatic heterocycles. The first-order valence-corrected chi connectivity index (χ1v) is 4.28. The van der Waals surface area contributed by atoms with Crippen molar-refractivity contribution in [2.45, 2.75) is 6.42 Å². The number of aromatic nitrogens is 5. The number of amides is 1. The van der Waals surface area contributed by atoms with Gasteiger partial charge >= 0.3 is 0 Å². The lowest BCUT2D eigenvalue weighted by Gasteiger charge is -2.00. The molecular weight excluding hydrogens is 196 g/mol. The molecule has 0 bridgehead atoms. The Morgan fingerprint density at radius 3 is 3.07 bits per heavy atom. The monoisotopic (exact) mass is 204 g/mol. The first-order chi connectivity index (χ1) is 7.34. The predicted molar refractivity (Wildman–Crippen MR) is 50.7 cm³/mol. The van der Waals surface area contributed by atoms with E-state index in [1.807, 2.05) is 0 Å². The van der Waals surface area contributed by atoms with Crippen molar-refractivity contribution in [1.29, 1.82) is 0 Å². The molecule has 0 spiro atoms. The standard InChI is InChI=1S/C8H8N6O/c15-8(5-7-11-13-14-12-7)10-6-3-1-2-4-9-6/h1-4H,5H2,(H,9,10,15)(H,11,12,13,14). The van der Waals surface area contributed by atoms with Crippen molar-refractivity contribution >= 4 is 11.7 Å². The first kappa shape index (κ1) is 9.25. The Labute approximate surface area is 84.9 Å². The molecule has 0 aliphatic rings. The number of hydrogen-bond acceptors (Lipinski definition) is 5. The van der Waals surface area contributed by atoms with E-state index in [4.69, 9.17) is 0 Å². The predicted octanol–water partition coefficient (Wildman–Crippen LogP) is -0.224. The SMILES string of the molecule is O=C(Cc1nn[nH]n1)Nc1ccccn1. The van der Waals surface area contributed by atoms with Crippen LogP contribution < -0.4 is 5.32 Å². The minimum Gasteiger partial charge on any atom is -0.310 e. The van der Waals surface area contributed by atoms with Crippen LogP contribution in [0.5, 0.6) is 0 Å². The highest BCUT2D eigenvalue weighted by Crippen LogP contribution is 2.00. The van der Waals surface area contributed by atoms with Crippen LogP contribution in [0.25, 0.3) is 0 Å². The molecule has 7 nitrogen and oxygen atoms in total. The largest absolute Gasteiger partial charge is 0.310 e. The fraction of sp³-hybridized carbons (Fsp3) is 0.125. The Morgan fingerprint density at radius 1 is 1.47 bits per heavy atom. The smallest absolute Gasteiger partial charge is 0.233 e. The maximum atomic E-state index is 11.4. The van der Waals surface area contributed by atoms with Crippen molar-refractivity contribution < 1.29 is 4.79 Å². The Kier molecular flexibility index (Phi) is 2.63. The Balaban J connectivity index is 1.94. The quantitative estimate of drug-likeness (QED) is 0.720. The van der Waals surface area contributed by atoms with E-state index in [1.54, 1.807) is 24.4 Å². The summed E-state index contributed by atoms with van der Waals surface area (Å²) in [5.74, 6) is 0.629. The zero-order valence-corrected chi connectivity index (χ0v) is 7.71. The number of nitrogens with zero attached hydrogens (tertiary/aromatic N) is 4. The van der Waals surface area contributed by atoms with Crippen molar-refractivity contribution in [2.75, 3.05) is 5.32 Å². The van der Waals surface area contributed by atoms with Gasteiger partial charge in [-0.3, -0.25) is 4.79 Å². The van der Waals surface area contributed by atoms with E-state index in [-0.39, 0.29) is 12.3 Å². The van der Waals surface area contributed by atoms with Crippen LogP contribution in [0, 0.1) is 0 Å². The third kappa shape index (κ3) is 2.56. The zero-order chi connectivity index (χ0) is 10.5. The van der Waals surface area contributed by atoms with Crippen molar-refractivity contribution in [2.24, 2.45) is 0 Å². The van der Waals surface area contributed by atoms with Gasteiger partial charge in [0.05, 0.1) is 6.42 Å². The molecule has 0 aromatic carbocycles. The molecule has 0 fully saturated rings. The highest BCUT2D eigenvalue weighted by atomic mass is 16.1. The fourth-order valence-corrected chi connectivity index (χ4v) is 1.02. The number of H-pyrrole nitrogens is 1. The number of carbonyl (C=O) groups excluding carboxylic acids is 1. The summed E-state index contributed by atoms with van der Waals surface area (Å²) < 4.78 is 0. The Bertz CT molecular complexity index is 426. The van der Waals surface area contributed by atoms with Gasteiger partial charge in [-0.1, -0.05) is 11.3 Å². The maximum Gasteiger partial charge on any atom is 0.233 e. The lowest BCUT2D eigenvalue weighted by molar-refractivity contribution is -0.115. The number of nitrogens with one attached hydrogen (secondary N) is 2. The van der Waals surface area contributed by atoms with Crippen LogP contribution in [-0.4, -0.2) is 31.5 Å². The van der Waals surface area contributed by atoms with E-state index in [0.717, 1.165) is 0 Å². The summed E-state index contributed by atoms with van der Waals surface area (Å²) in [6.45, 7) is 0. The second-order valence-electron chi connectivity index (χ2n) is 2.77. The van der Waals surface area contributed by atoms with Crippen LogP contribution in [0.3, 0.4) is 0 Å². The van der Waals surface area contributed by atoms with Crippen LogP contribution in [0.1, 0.15) is 5.82 Å². The summed E-state index contributed by atoms with van der Waals surface area (Å²) in [4.78, 5) is 15.4. The zero-order valence-electron chi connectivity index (χ0n) is 7.71. The van der Waals surface area contributed by atoms with Gasteiger partial charge in [0.15, 0.2) is 5.82 Å². The molecule has 0 aliphatic carbocycles. The van der Waals surface area contributed by atoms with Gasteiger partial charge in [0.25, 0.3) is 0 Å². The van der Waals surface area contributed by atoms with Gasteiger partial charge in [0.1, 0.15) is 5.82 Å². The van der Waals surface area contributed by atoms with Crippen LogP contribution in [0.4, 0.5) is 5.82 Å². The van der Waals surface area contributed by atoms with Crippen molar-refractivity contribution in [3.63, 3.8) is 0 Å². The lowest BCUT2D eigenvalue weighted by Crippen LogP contribution is -2.15. The average Bonchev–Trinajstić information content (AvgIpc) is 2.71. The molecule has 2 rings (SSSR count). The third-order valence-corrected chi connectivity index (χ3v) is 1.64. The normalized spacial score (nSPS) is 9.87. The molecule has 0 saturated carbocycles. The van der Waals surface area contributed by atoms with Gasteiger partial charge in [-0.25, -0.2) is 4.98 Å². The maximum absolute atomic E-state index is 11.4. The van der Waals surface area contributed by atoms with Gasteiger partial charge in [0, 0.05) is 6.20 Å². The molecular formula is C8H8N6O. The topological polar surface area (TPSA) is 96.5 Å². The summed E-state index contributed by atoms with van der Waals surface area (Å²) in [7, 11) is 0. The third-order valence-electron chi connectivity index (χ3n) is 1.64. The summed E-state index contributed by atoms with van der Waals surface area (Å²) in [6.07, 6.45) is 1.68. The van der Waals surface area contributed by atoms with Gasteiger partial charge in [-0.15, -0.1) is 10.2 Å². The van der Waals surface area contributed by atoms with E-state index in [1.165, 1.54) is 0 Å². The van der Waals surface area contributed by atoms with Gasteiger partial charge in [-0.05, 0) is 12.1 Å². The van der Waals surface area contributed by atoms with E-state index in [0.29, 0.717) is 11.6 Å². The van der Waals surface area contributed by atoms with Crippen molar-refractivity contribution in [3.8, 4) is 0 Å². The van der Waals surface area contributed by atoms with Crippen LogP contribution in [0.2, 0.25) is 0 Å². The number of rotatable bonds is 3. The molecule has 2 heterocycles. The Morgan fingerprint density at radius 2 is 2.40 bits per heavy atom. The number of pyridine rings is 1. The molecule has 2 N–H and O–H groups in total. The molecule has 0 radical (unpaired) electrons. The van der Waals surface area contributed by atoms with E-state index >= 15 is 0 Å². The summed E-state index contributed by atoms with van der Waals surface area (Å²) in [5.41, 5.74) is 0. The van der Waals surface area contributed by atoms with Crippen molar-refractivity contribution in [3.05, 3.63) is 30.2 Å². The molecule has 7 heteroatoms.